The molecule has 2 heterocycles. The molecule has 0 spiro atoms. The summed E-state index contributed by atoms with van der Waals surface area (Å²) >= 11 is 6.01. The van der Waals surface area contributed by atoms with Gasteiger partial charge >= 0.3 is 0 Å². The van der Waals surface area contributed by atoms with E-state index >= 15 is 0 Å². The van der Waals surface area contributed by atoms with Gasteiger partial charge in [-0.25, -0.2) is 4.98 Å². The monoisotopic (exact) mass is 287 g/mol. The van der Waals surface area contributed by atoms with E-state index in [2.05, 4.69) is 27.3 Å². The van der Waals surface area contributed by atoms with Crippen molar-refractivity contribution in [3.63, 3.8) is 0 Å². The maximum atomic E-state index is 6.01. The molecule has 0 amide bonds. The van der Waals surface area contributed by atoms with Crippen molar-refractivity contribution in [2.75, 3.05) is 23.3 Å². The van der Waals surface area contributed by atoms with Crippen molar-refractivity contribution in [3.05, 3.63) is 53.2 Å². The topological polar surface area (TPSA) is 28.2 Å². The zero-order valence-corrected chi connectivity index (χ0v) is 12.1. The normalized spacial score (nSPS) is 14.6. The third-order valence-electron chi connectivity index (χ3n) is 3.56. The van der Waals surface area contributed by atoms with E-state index in [9.17, 15) is 0 Å². The molecule has 0 atom stereocenters. The van der Waals surface area contributed by atoms with Crippen molar-refractivity contribution in [2.45, 2.75) is 19.4 Å². The Bertz CT molecular complexity index is 579. The lowest BCUT2D eigenvalue weighted by Crippen LogP contribution is -2.20. The highest BCUT2D eigenvalue weighted by molar-refractivity contribution is 6.30. The molecule has 0 bridgehead atoms. The van der Waals surface area contributed by atoms with Crippen LogP contribution in [0, 0.1) is 0 Å². The van der Waals surface area contributed by atoms with Crippen LogP contribution in [0.2, 0.25) is 5.02 Å². The molecule has 1 aromatic carbocycles. The third kappa shape index (κ3) is 3.05. The minimum absolute atomic E-state index is 0.757. The summed E-state index contributed by atoms with van der Waals surface area (Å²) in [6.07, 6.45) is 4.37. The van der Waals surface area contributed by atoms with Gasteiger partial charge in [-0.2, -0.15) is 0 Å². The van der Waals surface area contributed by atoms with Crippen molar-refractivity contribution in [1.82, 2.24) is 4.98 Å². The number of anilines is 2. The molecular formula is C16H18ClN3. The number of aromatic nitrogens is 1. The lowest BCUT2D eigenvalue weighted by Gasteiger charge is -2.20. The van der Waals surface area contributed by atoms with E-state index in [0.29, 0.717) is 0 Å². The molecule has 3 nitrogen and oxygen atoms in total. The molecular weight excluding hydrogens is 270 g/mol. The van der Waals surface area contributed by atoms with E-state index in [0.717, 1.165) is 36.2 Å². The summed E-state index contributed by atoms with van der Waals surface area (Å²) in [6, 6.07) is 12.0. The summed E-state index contributed by atoms with van der Waals surface area (Å²) < 4.78 is 0. The second-order valence-corrected chi connectivity index (χ2v) is 5.49. The second kappa shape index (κ2) is 6.14. The summed E-state index contributed by atoms with van der Waals surface area (Å²) in [5.41, 5.74) is 2.27. The zero-order valence-electron chi connectivity index (χ0n) is 11.3. The number of hydrogen-bond acceptors (Lipinski definition) is 3. The highest BCUT2D eigenvalue weighted by Gasteiger charge is 2.16. The van der Waals surface area contributed by atoms with Crippen molar-refractivity contribution >= 4 is 23.1 Å². The maximum Gasteiger partial charge on any atom is 0.151 e. The molecule has 1 N–H and O–H groups in total. The number of nitrogens with zero attached hydrogens (tertiary/aromatic N) is 2. The first kappa shape index (κ1) is 13.3. The highest BCUT2D eigenvalue weighted by Crippen LogP contribution is 2.26. The fourth-order valence-corrected chi connectivity index (χ4v) is 2.77. The summed E-state index contributed by atoms with van der Waals surface area (Å²) in [7, 11) is 0. The van der Waals surface area contributed by atoms with Crippen LogP contribution in [0.4, 0.5) is 11.5 Å². The molecule has 20 heavy (non-hydrogen) atoms. The smallest absolute Gasteiger partial charge is 0.151 e. The van der Waals surface area contributed by atoms with Crippen LogP contribution in [-0.4, -0.2) is 18.1 Å². The van der Waals surface area contributed by atoms with Crippen LogP contribution in [0.15, 0.2) is 42.6 Å². The van der Waals surface area contributed by atoms with Crippen LogP contribution in [0.5, 0.6) is 0 Å². The molecule has 104 valence electrons. The molecule has 3 rings (SSSR count). The number of rotatable bonds is 4. The molecule has 0 aliphatic carbocycles. The Morgan fingerprint density at radius 1 is 1.15 bits per heavy atom. The van der Waals surface area contributed by atoms with E-state index in [-0.39, 0.29) is 0 Å². The number of benzene rings is 1. The highest BCUT2D eigenvalue weighted by atomic mass is 35.5. The minimum Gasteiger partial charge on any atom is -0.378 e. The van der Waals surface area contributed by atoms with Gasteiger partial charge in [0.05, 0.1) is 5.69 Å². The number of pyridine rings is 1. The van der Waals surface area contributed by atoms with Gasteiger partial charge in [-0.05, 0) is 42.7 Å². The predicted octanol–water partition coefficient (Wildman–Crippen LogP) is 3.95. The maximum absolute atomic E-state index is 6.01. The SMILES string of the molecule is Clc1cccc(CNc2cccnc2N2CCCC2)c1. The third-order valence-corrected chi connectivity index (χ3v) is 3.80. The van der Waals surface area contributed by atoms with E-state index in [1.165, 1.54) is 18.4 Å². The minimum atomic E-state index is 0.757. The first-order chi connectivity index (χ1) is 9.83. The standard InChI is InChI=1S/C16H18ClN3/c17-14-6-3-5-13(11-14)12-19-15-7-4-8-18-16(15)20-9-1-2-10-20/h3-8,11,19H,1-2,9-10,12H2. The van der Waals surface area contributed by atoms with Gasteiger partial charge in [0.15, 0.2) is 5.82 Å². The van der Waals surface area contributed by atoms with Crippen molar-refractivity contribution < 1.29 is 0 Å². The molecule has 1 aromatic heterocycles. The van der Waals surface area contributed by atoms with Gasteiger partial charge < -0.3 is 10.2 Å². The summed E-state index contributed by atoms with van der Waals surface area (Å²) in [6.45, 7) is 2.96. The fraction of sp³-hybridized carbons (Fsp3) is 0.312. The number of nitrogens with one attached hydrogen (secondary N) is 1. The van der Waals surface area contributed by atoms with Gasteiger partial charge in [-0.15, -0.1) is 0 Å². The Kier molecular flexibility index (Phi) is 4.07. The summed E-state index contributed by atoms with van der Waals surface area (Å²) in [5, 5.41) is 4.24. The molecule has 1 saturated heterocycles. The molecule has 2 aromatic rings. The summed E-state index contributed by atoms with van der Waals surface area (Å²) in [4.78, 5) is 6.88. The Balaban J connectivity index is 1.74. The van der Waals surface area contributed by atoms with Crippen LogP contribution in [0.3, 0.4) is 0 Å². The quantitative estimate of drug-likeness (QED) is 0.923. The van der Waals surface area contributed by atoms with Crippen LogP contribution < -0.4 is 10.2 Å². The van der Waals surface area contributed by atoms with Crippen LogP contribution >= 0.6 is 11.6 Å². The van der Waals surface area contributed by atoms with Crippen molar-refractivity contribution in [1.29, 1.82) is 0 Å². The van der Waals surface area contributed by atoms with Gasteiger partial charge in [0.25, 0.3) is 0 Å². The van der Waals surface area contributed by atoms with E-state index in [1.54, 1.807) is 0 Å². The zero-order chi connectivity index (χ0) is 13.8. The van der Waals surface area contributed by atoms with E-state index in [1.807, 2.05) is 30.5 Å². The number of hydrogen-bond donors (Lipinski definition) is 1. The van der Waals surface area contributed by atoms with Gasteiger partial charge in [0.1, 0.15) is 0 Å². The fourth-order valence-electron chi connectivity index (χ4n) is 2.56. The Morgan fingerprint density at radius 2 is 2.00 bits per heavy atom. The predicted molar refractivity (Wildman–Crippen MR) is 84.5 cm³/mol. The average Bonchev–Trinajstić information content (AvgIpc) is 3.00. The van der Waals surface area contributed by atoms with Crippen molar-refractivity contribution in [3.8, 4) is 0 Å². The van der Waals surface area contributed by atoms with E-state index < -0.39 is 0 Å². The molecule has 1 aliphatic rings. The van der Waals surface area contributed by atoms with Gasteiger partial charge in [0, 0.05) is 30.9 Å². The molecule has 0 radical (unpaired) electrons. The van der Waals surface area contributed by atoms with Gasteiger partial charge in [-0.1, -0.05) is 23.7 Å². The largest absolute Gasteiger partial charge is 0.378 e. The lowest BCUT2D eigenvalue weighted by atomic mass is 10.2. The number of halogens is 1. The Morgan fingerprint density at radius 3 is 2.80 bits per heavy atom. The Labute approximate surface area is 124 Å². The molecule has 0 unspecified atom stereocenters. The molecule has 1 fully saturated rings. The van der Waals surface area contributed by atoms with Crippen LogP contribution in [0.25, 0.3) is 0 Å². The van der Waals surface area contributed by atoms with Crippen LogP contribution in [0.1, 0.15) is 18.4 Å². The molecule has 1 aliphatic heterocycles. The van der Waals surface area contributed by atoms with Gasteiger partial charge in [-0.3, -0.25) is 0 Å². The lowest BCUT2D eigenvalue weighted by molar-refractivity contribution is 0.935. The van der Waals surface area contributed by atoms with Crippen molar-refractivity contribution in [2.24, 2.45) is 0 Å². The van der Waals surface area contributed by atoms with Crippen LogP contribution in [-0.2, 0) is 6.54 Å². The average molecular weight is 288 g/mol. The second-order valence-electron chi connectivity index (χ2n) is 5.05. The first-order valence-electron chi connectivity index (χ1n) is 7.01. The molecule has 4 heteroatoms. The van der Waals surface area contributed by atoms with Gasteiger partial charge in [0.2, 0.25) is 0 Å². The Hall–Kier alpha value is -1.74. The first-order valence-corrected chi connectivity index (χ1v) is 7.39. The van der Waals surface area contributed by atoms with E-state index in [4.69, 9.17) is 11.6 Å². The summed E-state index contributed by atoms with van der Waals surface area (Å²) in [5.74, 6) is 1.06. The molecule has 0 saturated carbocycles.